The lowest BCUT2D eigenvalue weighted by Crippen LogP contribution is -2.14. The third-order valence-corrected chi connectivity index (χ3v) is 4.23. The summed E-state index contributed by atoms with van der Waals surface area (Å²) < 4.78 is 11.1. The fourth-order valence-corrected chi connectivity index (χ4v) is 2.50. The number of ketones is 1. The first kappa shape index (κ1) is 16.7. The van der Waals surface area contributed by atoms with Crippen LogP contribution in [0.2, 0.25) is 0 Å². The number of ether oxygens (including phenoxy) is 2. The number of carbonyl (C=O) groups excluding carboxylic acids is 1. The SMILES string of the molecule is Cc1ccc(C(=O)c2ccc(C(C)(C)C)cc2OCC2CO2)cc1. The molecule has 1 aliphatic heterocycles. The van der Waals surface area contributed by atoms with Crippen molar-refractivity contribution >= 4 is 5.78 Å². The number of aryl methyl sites for hydroxylation is 1. The predicted octanol–water partition coefficient (Wildman–Crippen LogP) is 4.30. The molecule has 0 bridgehead atoms. The van der Waals surface area contributed by atoms with E-state index in [0.29, 0.717) is 23.5 Å². The van der Waals surface area contributed by atoms with Crippen LogP contribution in [0.4, 0.5) is 0 Å². The molecule has 1 aliphatic rings. The van der Waals surface area contributed by atoms with E-state index in [9.17, 15) is 4.79 Å². The highest BCUT2D eigenvalue weighted by Crippen LogP contribution is 2.30. The number of benzene rings is 2. The van der Waals surface area contributed by atoms with Crippen LogP contribution in [0.25, 0.3) is 0 Å². The number of hydrogen-bond acceptors (Lipinski definition) is 3. The quantitative estimate of drug-likeness (QED) is 0.608. The fraction of sp³-hybridized carbons (Fsp3) is 0.381. The number of hydrogen-bond donors (Lipinski definition) is 0. The van der Waals surface area contributed by atoms with Crippen molar-refractivity contribution in [2.24, 2.45) is 0 Å². The molecule has 2 aromatic rings. The normalized spacial score (nSPS) is 16.8. The topological polar surface area (TPSA) is 38.8 Å². The maximum atomic E-state index is 12.9. The second-order valence-corrected chi connectivity index (χ2v) is 7.42. The Balaban J connectivity index is 1.94. The molecule has 0 N–H and O–H groups in total. The molecule has 3 nitrogen and oxygen atoms in total. The summed E-state index contributed by atoms with van der Waals surface area (Å²) in [6.45, 7) is 9.69. The van der Waals surface area contributed by atoms with Crippen molar-refractivity contribution in [2.45, 2.75) is 39.2 Å². The molecule has 0 spiro atoms. The Labute approximate surface area is 143 Å². The number of rotatable bonds is 5. The molecule has 126 valence electrons. The van der Waals surface area contributed by atoms with Gasteiger partial charge in [-0.15, -0.1) is 0 Å². The van der Waals surface area contributed by atoms with Gasteiger partial charge in [-0.3, -0.25) is 4.79 Å². The van der Waals surface area contributed by atoms with Crippen LogP contribution < -0.4 is 4.74 Å². The van der Waals surface area contributed by atoms with Gasteiger partial charge in [-0.05, 0) is 30.0 Å². The lowest BCUT2D eigenvalue weighted by atomic mass is 9.85. The first-order valence-electron chi connectivity index (χ1n) is 8.35. The molecule has 0 amide bonds. The summed E-state index contributed by atoms with van der Waals surface area (Å²) in [6.07, 6.45) is 0.158. The van der Waals surface area contributed by atoms with Crippen LogP contribution in [-0.4, -0.2) is 25.1 Å². The van der Waals surface area contributed by atoms with Crippen LogP contribution >= 0.6 is 0 Å². The molecule has 24 heavy (non-hydrogen) atoms. The zero-order valence-corrected chi connectivity index (χ0v) is 14.8. The van der Waals surface area contributed by atoms with Crippen molar-refractivity contribution in [1.82, 2.24) is 0 Å². The Kier molecular flexibility index (Phi) is 4.46. The van der Waals surface area contributed by atoms with E-state index in [1.165, 1.54) is 0 Å². The highest BCUT2D eigenvalue weighted by molar-refractivity contribution is 6.10. The molecule has 1 atom stereocenters. The Morgan fingerprint density at radius 3 is 2.42 bits per heavy atom. The summed E-state index contributed by atoms with van der Waals surface area (Å²) in [4.78, 5) is 12.9. The Morgan fingerprint density at radius 2 is 1.83 bits per heavy atom. The molecule has 1 fully saturated rings. The minimum Gasteiger partial charge on any atom is -0.490 e. The minimum absolute atomic E-state index is 0.000370. The van der Waals surface area contributed by atoms with Crippen LogP contribution in [-0.2, 0) is 10.2 Å². The summed E-state index contributed by atoms with van der Waals surface area (Å²) in [5.74, 6) is 0.630. The van der Waals surface area contributed by atoms with Crippen molar-refractivity contribution in [3.05, 3.63) is 64.7 Å². The highest BCUT2D eigenvalue weighted by Gasteiger charge is 2.25. The van der Waals surface area contributed by atoms with Crippen LogP contribution in [0.3, 0.4) is 0 Å². The van der Waals surface area contributed by atoms with Crippen molar-refractivity contribution in [3.8, 4) is 5.75 Å². The molecular formula is C21H24O3. The predicted molar refractivity (Wildman–Crippen MR) is 95.0 cm³/mol. The summed E-state index contributed by atoms with van der Waals surface area (Å²) in [6, 6.07) is 13.5. The molecule has 1 heterocycles. The molecule has 0 radical (unpaired) electrons. The first-order valence-corrected chi connectivity index (χ1v) is 8.35. The lowest BCUT2D eigenvalue weighted by molar-refractivity contribution is 0.103. The van der Waals surface area contributed by atoms with Crippen LogP contribution in [0, 0.1) is 6.92 Å². The van der Waals surface area contributed by atoms with E-state index in [4.69, 9.17) is 9.47 Å². The summed E-state index contributed by atoms with van der Waals surface area (Å²) in [5.41, 5.74) is 3.57. The van der Waals surface area contributed by atoms with Gasteiger partial charge in [-0.2, -0.15) is 0 Å². The van der Waals surface area contributed by atoms with Crippen molar-refractivity contribution in [1.29, 1.82) is 0 Å². The van der Waals surface area contributed by atoms with Crippen molar-refractivity contribution in [3.63, 3.8) is 0 Å². The Bertz CT molecular complexity index is 735. The van der Waals surface area contributed by atoms with E-state index in [1.54, 1.807) is 0 Å². The summed E-state index contributed by atoms with van der Waals surface area (Å²) in [7, 11) is 0. The Hall–Kier alpha value is -2.13. The van der Waals surface area contributed by atoms with Gasteiger partial charge in [0.1, 0.15) is 18.5 Å². The van der Waals surface area contributed by atoms with Gasteiger partial charge in [-0.25, -0.2) is 0 Å². The maximum Gasteiger partial charge on any atom is 0.196 e. The van der Waals surface area contributed by atoms with Crippen molar-refractivity contribution in [2.75, 3.05) is 13.2 Å². The zero-order valence-electron chi connectivity index (χ0n) is 14.8. The molecule has 0 aromatic heterocycles. The van der Waals surface area contributed by atoms with Gasteiger partial charge in [0.05, 0.1) is 12.2 Å². The largest absolute Gasteiger partial charge is 0.490 e. The standard InChI is InChI=1S/C21H24O3/c1-14-5-7-15(8-6-14)20(22)18-10-9-16(21(2,3)4)11-19(18)24-13-17-12-23-17/h5-11,17H,12-13H2,1-4H3. The van der Waals surface area contributed by atoms with Gasteiger partial charge in [0.2, 0.25) is 0 Å². The molecule has 1 saturated heterocycles. The molecule has 3 heteroatoms. The molecule has 3 rings (SSSR count). The second-order valence-electron chi connectivity index (χ2n) is 7.42. The van der Waals surface area contributed by atoms with Gasteiger partial charge in [0.25, 0.3) is 0 Å². The minimum atomic E-state index is -0.0119. The van der Waals surface area contributed by atoms with Crippen LogP contribution in [0.5, 0.6) is 5.75 Å². The highest BCUT2D eigenvalue weighted by atomic mass is 16.6. The van der Waals surface area contributed by atoms with Gasteiger partial charge < -0.3 is 9.47 Å². The van der Waals surface area contributed by atoms with Gasteiger partial charge in [0.15, 0.2) is 5.78 Å². The van der Waals surface area contributed by atoms with Gasteiger partial charge in [-0.1, -0.05) is 56.7 Å². The molecule has 1 unspecified atom stereocenters. The summed E-state index contributed by atoms with van der Waals surface area (Å²) >= 11 is 0. The van der Waals surface area contributed by atoms with Gasteiger partial charge >= 0.3 is 0 Å². The van der Waals surface area contributed by atoms with E-state index >= 15 is 0 Å². The monoisotopic (exact) mass is 324 g/mol. The summed E-state index contributed by atoms with van der Waals surface area (Å²) in [5, 5.41) is 0. The maximum absolute atomic E-state index is 12.9. The average Bonchev–Trinajstić information content (AvgIpc) is 3.36. The molecule has 0 aliphatic carbocycles. The fourth-order valence-electron chi connectivity index (χ4n) is 2.50. The number of carbonyl (C=O) groups is 1. The molecular weight excluding hydrogens is 300 g/mol. The van der Waals surface area contributed by atoms with E-state index in [1.807, 2.05) is 49.4 Å². The smallest absolute Gasteiger partial charge is 0.196 e. The average molecular weight is 324 g/mol. The van der Waals surface area contributed by atoms with E-state index in [-0.39, 0.29) is 17.3 Å². The number of epoxide rings is 1. The first-order chi connectivity index (χ1) is 11.3. The van der Waals surface area contributed by atoms with Crippen LogP contribution in [0.1, 0.15) is 47.8 Å². The van der Waals surface area contributed by atoms with Gasteiger partial charge in [0, 0.05) is 5.56 Å². The van der Waals surface area contributed by atoms with Crippen molar-refractivity contribution < 1.29 is 14.3 Å². The molecule has 0 saturated carbocycles. The third-order valence-electron chi connectivity index (χ3n) is 4.23. The Morgan fingerprint density at radius 1 is 1.17 bits per heavy atom. The zero-order chi connectivity index (χ0) is 17.3. The second kappa shape index (κ2) is 6.40. The lowest BCUT2D eigenvalue weighted by Gasteiger charge is -2.21. The third kappa shape index (κ3) is 3.85. The van der Waals surface area contributed by atoms with E-state index in [2.05, 4.69) is 20.8 Å². The van der Waals surface area contributed by atoms with E-state index < -0.39 is 0 Å². The van der Waals surface area contributed by atoms with E-state index in [0.717, 1.165) is 17.7 Å². The molecule has 2 aromatic carbocycles. The van der Waals surface area contributed by atoms with Crippen LogP contribution in [0.15, 0.2) is 42.5 Å².